The summed E-state index contributed by atoms with van der Waals surface area (Å²) in [4.78, 5) is 12.0. The van der Waals surface area contributed by atoms with Crippen molar-refractivity contribution in [2.24, 2.45) is 0 Å². The molecule has 0 atom stereocenters. The first-order valence-corrected chi connectivity index (χ1v) is 11.3. The Morgan fingerprint density at radius 1 is 0.857 bits per heavy atom. The average molecular weight is 535 g/mol. The lowest BCUT2D eigenvalue weighted by molar-refractivity contribution is -0.141. The third-order valence-corrected chi connectivity index (χ3v) is 6.21. The van der Waals surface area contributed by atoms with Crippen molar-refractivity contribution in [1.29, 1.82) is 0 Å². The molecule has 0 radical (unpaired) electrons. The van der Waals surface area contributed by atoms with E-state index in [-0.39, 0.29) is 5.82 Å². The van der Waals surface area contributed by atoms with Crippen LogP contribution in [0.15, 0.2) is 42.5 Å². The molecule has 0 fully saturated rings. The first-order valence-electron chi connectivity index (χ1n) is 10.5. The number of hydrogen-bond donors (Lipinski definition) is 2. The fourth-order valence-corrected chi connectivity index (χ4v) is 4.09. The molecule has 2 aromatic heterocycles. The van der Waals surface area contributed by atoms with Crippen molar-refractivity contribution < 1.29 is 26.3 Å². The second kappa shape index (κ2) is 9.73. The van der Waals surface area contributed by atoms with E-state index in [9.17, 15) is 26.3 Å². The number of imidazole rings is 1. The summed E-state index contributed by atoms with van der Waals surface area (Å²) in [6.45, 7) is 0. The smallest absolute Gasteiger partial charge is 0.339 e. The van der Waals surface area contributed by atoms with Crippen molar-refractivity contribution in [3.63, 3.8) is 0 Å². The summed E-state index contributed by atoms with van der Waals surface area (Å²) >= 11 is 12.1. The van der Waals surface area contributed by atoms with Gasteiger partial charge in [0, 0.05) is 29.8 Å². The topological polar surface area (TPSA) is 53.6 Å². The summed E-state index contributed by atoms with van der Waals surface area (Å²) in [7, 11) is 0. The predicted octanol–water partition coefficient (Wildman–Crippen LogP) is 8.93. The molecule has 186 valence electrons. The van der Waals surface area contributed by atoms with Crippen molar-refractivity contribution in [2.75, 3.05) is 5.32 Å². The number of rotatable bonds is 7. The van der Waals surface area contributed by atoms with Crippen LogP contribution in [0, 0.1) is 0 Å². The third-order valence-electron chi connectivity index (χ3n) is 5.47. The molecule has 0 saturated heterocycles. The number of pyridine rings is 1. The highest BCUT2D eigenvalue weighted by Crippen LogP contribution is 2.37. The quantitative estimate of drug-likeness (QED) is 0.232. The number of para-hydroxylation sites is 1. The van der Waals surface area contributed by atoms with Crippen LogP contribution in [0.2, 0.25) is 10.0 Å². The largest absolute Gasteiger partial charge is 0.389 e. The number of anilines is 2. The second-order valence-electron chi connectivity index (χ2n) is 8.08. The molecule has 0 unspecified atom stereocenters. The van der Waals surface area contributed by atoms with Crippen LogP contribution >= 0.6 is 23.2 Å². The Bertz CT molecular complexity index is 1330. The van der Waals surface area contributed by atoms with Gasteiger partial charge in [0.2, 0.25) is 0 Å². The zero-order chi connectivity index (χ0) is 25.4. The van der Waals surface area contributed by atoms with E-state index < -0.39 is 44.0 Å². The number of benzene rings is 2. The average Bonchev–Trinajstić information content (AvgIpc) is 3.21. The van der Waals surface area contributed by atoms with E-state index in [0.29, 0.717) is 43.5 Å². The van der Waals surface area contributed by atoms with Gasteiger partial charge in [-0.2, -0.15) is 26.3 Å². The number of alkyl halides is 6. The Morgan fingerprint density at radius 3 is 2.14 bits per heavy atom. The minimum absolute atomic E-state index is 0.0452. The highest BCUT2D eigenvalue weighted by atomic mass is 35.5. The lowest BCUT2D eigenvalue weighted by Crippen LogP contribution is -2.14. The van der Waals surface area contributed by atoms with Gasteiger partial charge >= 0.3 is 12.4 Å². The number of aromatic nitrogens is 3. The van der Waals surface area contributed by atoms with Gasteiger partial charge in [-0.25, -0.2) is 9.97 Å². The molecule has 35 heavy (non-hydrogen) atoms. The molecule has 2 aromatic carbocycles. The summed E-state index contributed by atoms with van der Waals surface area (Å²) < 4.78 is 77.4. The van der Waals surface area contributed by atoms with Gasteiger partial charge in [0.25, 0.3) is 0 Å². The van der Waals surface area contributed by atoms with E-state index in [1.807, 2.05) is 0 Å². The van der Waals surface area contributed by atoms with E-state index >= 15 is 0 Å². The Kier molecular flexibility index (Phi) is 7.06. The maximum atomic E-state index is 12.9. The van der Waals surface area contributed by atoms with Crippen molar-refractivity contribution >= 4 is 56.6 Å². The lowest BCUT2D eigenvalue weighted by Gasteiger charge is -2.17. The molecule has 2 heterocycles. The van der Waals surface area contributed by atoms with Crippen molar-refractivity contribution in [2.45, 2.75) is 44.0 Å². The van der Waals surface area contributed by atoms with E-state index in [0.717, 1.165) is 0 Å². The summed E-state index contributed by atoms with van der Waals surface area (Å²) in [6, 6.07) is 11.8. The second-order valence-corrected chi connectivity index (χ2v) is 8.90. The molecule has 0 spiro atoms. The zero-order valence-corrected chi connectivity index (χ0v) is 19.4. The summed E-state index contributed by atoms with van der Waals surface area (Å²) in [5.41, 5.74) is 1.82. The molecule has 2 N–H and O–H groups in total. The maximum absolute atomic E-state index is 12.9. The van der Waals surface area contributed by atoms with Crippen LogP contribution in [0.3, 0.4) is 0 Å². The third kappa shape index (κ3) is 6.29. The van der Waals surface area contributed by atoms with Gasteiger partial charge in [-0.1, -0.05) is 41.4 Å². The molecular weight excluding hydrogens is 517 g/mol. The van der Waals surface area contributed by atoms with E-state index in [4.69, 9.17) is 23.2 Å². The molecule has 4 nitrogen and oxygen atoms in total. The predicted molar refractivity (Wildman–Crippen MR) is 124 cm³/mol. The molecule has 0 aliphatic carbocycles. The van der Waals surface area contributed by atoms with Gasteiger partial charge in [-0.15, -0.1) is 0 Å². The number of nitrogens with one attached hydrogen (secondary N) is 2. The molecule has 0 aliphatic rings. The molecule has 0 bridgehead atoms. The van der Waals surface area contributed by atoms with Crippen molar-refractivity contribution in [3.8, 4) is 0 Å². The SMILES string of the molecule is FC(F)(F)CCC(CCC(F)(F)F)c1nc2c([nH]1)c(Nc1ccc(Cl)c(Cl)c1)nc1ccccc12. The van der Waals surface area contributed by atoms with E-state index in [2.05, 4.69) is 20.3 Å². The van der Waals surface area contributed by atoms with Gasteiger partial charge in [0.15, 0.2) is 5.82 Å². The van der Waals surface area contributed by atoms with Crippen LogP contribution in [0.4, 0.5) is 37.8 Å². The fraction of sp³-hybridized carbons (Fsp3) is 0.304. The Labute approximate surface area is 205 Å². The minimum atomic E-state index is -4.50. The van der Waals surface area contributed by atoms with Gasteiger partial charge in [0.05, 0.1) is 15.6 Å². The number of hydrogen-bond acceptors (Lipinski definition) is 3. The number of fused-ring (bicyclic) bond motifs is 3. The Morgan fingerprint density at radius 2 is 1.51 bits per heavy atom. The molecule has 4 rings (SSSR count). The molecular formula is C23H18Cl2F6N4. The summed E-state index contributed by atoms with van der Waals surface area (Å²) in [5.74, 6) is -0.743. The number of nitrogens with zero attached hydrogens (tertiary/aromatic N) is 2. The highest BCUT2D eigenvalue weighted by molar-refractivity contribution is 6.42. The van der Waals surface area contributed by atoms with Gasteiger partial charge < -0.3 is 10.3 Å². The van der Waals surface area contributed by atoms with Crippen LogP contribution < -0.4 is 5.32 Å². The molecule has 12 heteroatoms. The van der Waals surface area contributed by atoms with Crippen LogP contribution in [0.5, 0.6) is 0 Å². The monoisotopic (exact) mass is 534 g/mol. The van der Waals surface area contributed by atoms with E-state index in [1.165, 1.54) is 0 Å². The van der Waals surface area contributed by atoms with Crippen molar-refractivity contribution in [3.05, 3.63) is 58.3 Å². The number of halogens is 8. The Hall–Kier alpha value is -2.72. The number of aromatic amines is 1. The van der Waals surface area contributed by atoms with Gasteiger partial charge in [-0.3, -0.25) is 0 Å². The van der Waals surface area contributed by atoms with Crippen molar-refractivity contribution in [1.82, 2.24) is 15.0 Å². The fourth-order valence-electron chi connectivity index (χ4n) is 3.79. The van der Waals surface area contributed by atoms with Crippen LogP contribution in [-0.4, -0.2) is 27.3 Å². The standard InChI is InChI=1S/C23H18Cl2F6N4/c24-15-6-5-13(11-16(15)25)32-21-19-18(14-3-1-2-4-17(14)33-21)34-20(35-19)12(7-9-22(26,27)28)8-10-23(29,30)31/h1-6,11-12H,7-10H2,(H,32,33)(H,34,35). The molecule has 4 aromatic rings. The molecule has 0 aliphatic heterocycles. The maximum Gasteiger partial charge on any atom is 0.389 e. The normalized spacial score (nSPS) is 12.7. The van der Waals surface area contributed by atoms with E-state index in [1.54, 1.807) is 42.5 Å². The first kappa shape index (κ1) is 25.4. The molecule has 0 amide bonds. The first-order chi connectivity index (χ1) is 16.4. The zero-order valence-electron chi connectivity index (χ0n) is 17.9. The highest BCUT2D eigenvalue weighted by Gasteiger charge is 2.33. The van der Waals surface area contributed by atoms with Crippen LogP contribution in [0.25, 0.3) is 21.9 Å². The lowest BCUT2D eigenvalue weighted by atomic mass is 9.96. The summed E-state index contributed by atoms with van der Waals surface area (Å²) in [6.07, 6.45) is -12.5. The minimum Gasteiger partial charge on any atom is -0.339 e. The molecule has 0 saturated carbocycles. The van der Waals surface area contributed by atoms with Crippen LogP contribution in [-0.2, 0) is 0 Å². The Balaban J connectivity index is 1.79. The van der Waals surface area contributed by atoms with Crippen LogP contribution in [0.1, 0.15) is 37.4 Å². The number of H-pyrrole nitrogens is 1. The summed E-state index contributed by atoms with van der Waals surface area (Å²) in [5, 5.41) is 4.33. The van der Waals surface area contributed by atoms with Gasteiger partial charge in [-0.05, 0) is 37.1 Å². The van der Waals surface area contributed by atoms with Gasteiger partial charge in [0.1, 0.15) is 16.9 Å².